The van der Waals surface area contributed by atoms with Crippen molar-refractivity contribution in [2.75, 3.05) is 4.90 Å². The van der Waals surface area contributed by atoms with Crippen molar-refractivity contribution in [1.82, 2.24) is 0 Å². The standard InChI is InChI=1S/C67H43NS/c1-3-18-45(19-4-1)67(46-20-5-2-6-21-46)63-32-15-13-28-58(63)59-41-39-49(43-64(59)67)68(47-36-34-44(35-37-47)50-30-17-31-61-60-29-14-16-33-65(60)69-66(50)61)48-38-40-57-55-26-10-9-24-53(55)51-22-7-8-23-52(51)54-25-11-12-27-56(54)62(57)42-48/h1-43H. The fraction of sp³-hybridized carbons (Fsp3) is 0.0149. The predicted molar refractivity (Wildman–Crippen MR) is 292 cm³/mol. The molecular formula is C67H43NS. The second-order valence-electron chi connectivity index (χ2n) is 18.3. The number of fused-ring (bicyclic) bond motifs is 14. The molecule has 14 rings (SSSR count). The topological polar surface area (TPSA) is 3.24 Å². The molecule has 0 fully saturated rings. The van der Waals surface area contributed by atoms with Crippen LogP contribution < -0.4 is 4.90 Å². The first-order valence-electron chi connectivity index (χ1n) is 23.8. The summed E-state index contributed by atoms with van der Waals surface area (Å²) in [5.41, 5.74) is 22.7. The van der Waals surface area contributed by atoms with Gasteiger partial charge in [0, 0.05) is 37.2 Å². The first-order chi connectivity index (χ1) is 34.2. The van der Waals surface area contributed by atoms with Gasteiger partial charge in [0.05, 0.1) is 5.41 Å². The summed E-state index contributed by atoms with van der Waals surface area (Å²) in [7, 11) is 0. The maximum Gasteiger partial charge on any atom is 0.0714 e. The van der Waals surface area contributed by atoms with Gasteiger partial charge in [0.1, 0.15) is 0 Å². The first kappa shape index (κ1) is 39.6. The monoisotopic (exact) mass is 893 g/mol. The molecule has 0 aliphatic heterocycles. The summed E-state index contributed by atoms with van der Waals surface area (Å²) in [6.07, 6.45) is 0. The fourth-order valence-corrected chi connectivity index (χ4v) is 13.0. The van der Waals surface area contributed by atoms with Crippen LogP contribution in [0.15, 0.2) is 261 Å². The molecule has 0 saturated carbocycles. The van der Waals surface area contributed by atoms with E-state index in [-0.39, 0.29) is 0 Å². The molecular weight excluding hydrogens is 851 g/mol. The third-order valence-electron chi connectivity index (χ3n) is 14.7. The second-order valence-corrected chi connectivity index (χ2v) is 19.3. The van der Waals surface area contributed by atoms with Crippen molar-refractivity contribution in [2.24, 2.45) is 0 Å². The summed E-state index contributed by atoms with van der Waals surface area (Å²) in [4.78, 5) is 2.48. The Labute approximate surface area is 406 Å². The lowest BCUT2D eigenvalue weighted by atomic mass is 9.67. The van der Waals surface area contributed by atoms with Gasteiger partial charge in [-0.25, -0.2) is 0 Å². The Kier molecular flexibility index (Phi) is 9.05. The Balaban J connectivity index is 1.01. The molecule has 0 N–H and O–H groups in total. The molecule has 0 spiro atoms. The van der Waals surface area contributed by atoms with E-state index in [1.807, 2.05) is 11.3 Å². The summed E-state index contributed by atoms with van der Waals surface area (Å²) in [6.45, 7) is 0. The zero-order valence-electron chi connectivity index (χ0n) is 37.7. The number of thiophene rings is 1. The largest absolute Gasteiger partial charge is 0.310 e. The Morgan fingerprint density at radius 2 is 0.710 bits per heavy atom. The van der Waals surface area contributed by atoms with Crippen LogP contribution in [0.1, 0.15) is 22.3 Å². The van der Waals surface area contributed by atoms with Crippen LogP contribution >= 0.6 is 11.3 Å². The minimum Gasteiger partial charge on any atom is -0.310 e. The second kappa shape index (κ2) is 15.8. The van der Waals surface area contributed by atoms with Crippen molar-refractivity contribution in [1.29, 1.82) is 0 Å². The predicted octanol–water partition coefficient (Wildman–Crippen LogP) is 18.5. The molecule has 0 saturated heterocycles. The molecule has 2 aliphatic rings. The highest BCUT2D eigenvalue weighted by Gasteiger charge is 2.46. The van der Waals surface area contributed by atoms with Gasteiger partial charge in [0.25, 0.3) is 0 Å². The van der Waals surface area contributed by atoms with Crippen LogP contribution in [0.2, 0.25) is 0 Å². The number of hydrogen-bond donors (Lipinski definition) is 0. The molecule has 2 aliphatic carbocycles. The fourth-order valence-electron chi connectivity index (χ4n) is 11.8. The number of anilines is 3. The number of rotatable bonds is 6. The maximum absolute atomic E-state index is 2.48. The molecule has 0 atom stereocenters. The van der Waals surface area contributed by atoms with Gasteiger partial charge in [-0.05, 0) is 131 Å². The van der Waals surface area contributed by atoms with Crippen molar-refractivity contribution in [2.45, 2.75) is 5.41 Å². The van der Waals surface area contributed by atoms with Crippen molar-refractivity contribution >= 4 is 48.6 Å². The van der Waals surface area contributed by atoms with Gasteiger partial charge in [0.2, 0.25) is 0 Å². The quantitative estimate of drug-likeness (QED) is 0.161. The molecule has 1 heterocycles. The Hall–Kier alpha value is -8.56. The lowest BCUT2D eigenvalue weighted by Gasteiger charge is -2.35. The number of hydrogen-bond acceptors (Lipinski definition) is 2. The van der Waals surface area contributed by atoms with Gasteiger partial charge in [-0.2, -0.15) is 0 Å². The van der Waals surface area contributed by atoms with Gasteiger partial charge in [-0.15, -0.1) is 11.3 Å². The van der Waals surface area contributed by atoms with E-state index in [1.54, 1.807) is 0 Å². The summed E-state index contributed by atoms with van der Waals surface area (Å²) < 4.78 is 2.64. The van der Waals surface area contributed by atoms with Crippen LogP contribution in [0.25, 0.3) is 86.9 Å². The van der Waals surface area contributed by atoms with Crippen LogP contribution in [-0.2, 0) is 5.41 Å². The molecule has 1 aromatic heterocycles. The minimum absolute atomic E-state index is 0.537. The SMILES string of the molecule is c1ccc(C2(c3ccccc3)c3ccccc3-c3ccc(N(c4ccc(-c5cccc6c5sc5ccccc56)cc4)c4ccc5c(c4)-c4ccccc4-c4ccccc4-c4ccccc4-5)cc32)cc1. The Bertz CT molecular complexity index is 3910. The van der Waals surface area contributed by atoms with Gasteiger partial charge >= 0.3 is 0 Å². The van der Waals surface area contributed by atoms with Gasteiger partial charge < -0.3 is 4.90 Å². The third-order valence-corrected chi connectivity index (χ3v) is 16.0. The highest BCUT2D eigenvalue weighted by atomic mass is 32.1. The molecule has 2 heteroatoms. The normalized spacial score (nSPS) is 12.8. The lowest BCUT2D eigenvalue weighted by molar-refractivity contribution is 0.768. The molecule has 0 unspecified atom stereocenters. The summed E-state index contributed by atoms with van der Waals surface area (Å²) in [5, 5.41) is 2.62. The summed E-state index contributed by atoms with van der Waals surface area (Å²) >= 11 is 1.88. The molecule has 0 amide bonds. The van der Waals surface area contributed by atoms with Crippen molar-refractivity contribution < 1.29 is 0 Å². The average molecular weight is 894 g/mol. The zero-order chi connectivity index (χ0) is 45.5. The highest BCUT2D eigenvalue weighted by molar-refractivity contribution is 7.26. The van der Waals surface area contributed by atoms with Crippen molar-refractivity contribution in [3.05, 3.63) is 283 Å². The summed E-state index contributed by atoms with van der Waals surface area (Å²) in [6, 6.07) is 97.1. The van der Waals surface area contributed by atoms with E-state index in [2.05, 4.69) is 266 Å². The van der Waals surface area contributed by atoms with Crippen LogP contribution in [0.3, 0.4) is 0 Å². The third kappa shape index (κ3) is 6.02. The average Bonchev–Trinajstić information content (AvgIpc) is 3.95. The zero-order valence-corrected chi connectivity index (χ0v) is 38.5. The first-order valence-corrected chi connectivity index (χ1v) is 24.6. The molecule has 0 bridgehead atoms. The van der Waals surface area contributed by atoms with Crippen molar-refractivity contribution in [3.63, 3.8) is 0 Å². The molecule has 69 heavy (non-hydrogen) atoms. The lowest BCUT2D eigenvalue weighted by Crippen LogP contribution is -2.28. The van der Waals surface area contributed by atoms with Gasteiger partial charge in [-0.1, -0.05) is 218 Å². The minimum atomic E-state index is -0.537. The maximum atomic E-state index is 2.48. The number of nitrogens with zero attached hydrogens (tertiary/aromatic N) is 1. The van der Waals surface area contributed by atoms with E-state index in [1.165, 1.54) is 109 Å². The molecule has 322 valence electrons. The highest BCUT2D eigenvalue weighted by Crippen LogP contribution is 2.58. The van der Waals surface area contributed by atoms with E-state index in [4.69, 9.17) is 0 Å². The molecule has 0 radical (unpaired) electrons. The van der Waals surface area contributed by atoms with Crippen molar-refractivity contribution in [3.8, 4) is 66.8 Å². The van der Waals surface area contributed by atoms with Crippen LogP contribution in [-0.4, -0.2) is 0 Å². The molecule has 12 aromatic rings. The van der Waals surface area contributed by atoms with Crippen LogP contribution in [0.4, 0.5) is 17.1 Å². The van der Waals surface area contributed by atoms with E-state index >= 15 is 0 Å². The van der Waals surface area contributed by atoms with E-state index in [0.29, 0.717) is 0 Å². The Morgan fingerprint density at radius 1 is 0.275 bits per heavy atom. The Morgan fingerprint density at radius 3 is 1.33 bits per heavy atom. The van der Waals surface area contributed by atoms with Crippen LogP contribution in [0, 0.1) is 0 Å². The van der Waals surface area contributed by atoms with E-state index in [0.717, 1.165) is 17.1 Å². The number of benzene rings is 11. The molecule has 11 aromatic carbocycles. The van der Waals surface area contributed by atoms with Gasteiger partial charge in [-0.3, -0.25) is 0 Å². The van der Waals surface area contributed by atoms with Gasteiger partial charge in [0.15, 0.2) is 0 Å². The van der Waals surface area contributed by atoms with E-state index in [9.17, 15) is 0 Å². The van der Waals surface area contributed by atoms with Crippen LogP contribution in [0.5, 0.6) is 0 Å². The summed E-state index contributed by atoms with van der Waals surface area (Å²) in [5.74, 6) is 0. The smallest absolute Gasteiger partial charge is 0.0714 e. The molecule has 1 nitrogen and oxygen atoms in total. The van der Waals surface area contributed by atoms with E-state index < -0.39 is 5.41 Å².